The smallest absolute Gasteiger partial charge is 0.141 e. The second-order valence-electron chi connectivity index (χ2n) is 4.61. The van der Waals surface area contributed by atoms with Gasteiger partial charge < -0.3 is 4.98 Å². The van der Waals surface area contributed by atoms with Crippen LogP contribution in [0, 0.1) is 19.7 Å². The Balaban J connectivity index is 2.26. The first-order valence-corrected chi connectivity index (χ1v) is 6.35. The first-order chi connectivity index (χ1) is 9.06. The zero-order valence-electron chi connectivity index (χ0n) is 10.6. The number of halogens is 2. The number of hydrogen-bond donors (Lipinski definition) is 1. The maximum Gasteiger partial charge on any atom is 0.141 e. The van der Waals surface area contributed by atoms with E-state index in [0.717, 1.165) is 22.5 Å². The fraction of sp³-hybridized carbons (Fsp3) is 0.133. The van der Waals surface area contributed by atoms with Crippen LogP contribution in [0.2, 0.25) is 5.02 Å². The van der Waals surface area contributed by atoms with Crippen LogP contribution in [0.4, 0.5) is 4.39 Å². The minimum atomic E-state index is -0.338. The molecule has 96 valence electrons. The van der Waals surface area contributed by atoms with E-state index >= 15 is 0 Å². The van der Waals surface area contributed by atoms with E-state index in [1.165, 1.54) is 12.1 Å². The molecule has 3 rings (SSSR count). The van der Waals surface area contributed by atoms with Crippen LogP contribution in [0.5, 0.6) is 0 Å². The van der Waals surface area contributed by atoms with Gasteiger partial charge in [0.05, 0.1) is 11.3 Å². The van der Waals surface area contributed by atoms with Gasteiger partial charge in [-0.2, -0.15) is 0 Å². The summed E-state index contributed by atoms with van der Waals surface area (Å²) in [6.07, 6.45) is 0. The average molecular weight is 275 g/mol. The lowest BCUT2D eigenvalue weighted by atomic mass is 10.1. The summed E-state index contributed by atoms with van der Waals surface area (Å²) in [5.41, 5.74) is 4.47. The van der Waals surface area contributed by atoms with E-state index in [4.69, 9.17) is 11.6 Å². The Kier molecular flexibility index (Phi) is 2.79. The van der Waals surface area contributed by atoms with Gasteiger partial charge in [0.25, 0.3) is 0 Å². The fourth-order valence-electron chi connectivity index (χ4n) is 2.35. The molecule has 0 amide bonds. The molecule has 0 aromatic heterocycles. The fourth-order valence-corrected chi connectivity index (χ4v) is 2.52. The Morgan fingerprint density at radius 2 is 1.95 bits per heavy atom. The van der Waals surface area contributed by atoms with E-state index in [0.29, 0.717) is 16.4 Å². The second-order valence-corrected chi connectivity index (χ2v) is 5.05. The molecule has 0 fully saturated rings. The molecule has 2 aliphatic rings. The largest absolute Gasteiger partial charge is 0.343 e. The first-order valence-electron chi connectivity index (χ1n) is 5.97. The number of aromatic nitrogens is 2. The highest BCUT2D eigenvalue weighted by atomic mass is 35.5. The van der Waals surface area contributed by atoms with Gasteiger partial charge >= 0.3 is 0 Å². The molecule has 1 aliphatic carbocycles. The van der Waals surface area contributed by atoms with E-state index in [9.17, 15) is 4.39 Å². The Morgan fingerprint density at radius 3 is 2.74 bits per heavy atom. The van der Waals surface area contributed by atoms with Gasteiger partial charge in [0.1, 0.15) is 11.6 Å². The van der Waals surface area contributed by atoms with Crippen LogP contribution in [-0.2, 0) is 0 Å². The van der Waals surface area contributed by atoms with Crippen molar-refractivity contribution in [2.45, 2.75) is 13.8 Å². The highest BCUT2D eigenvalue weighted by Gasteiger charge is 2.15. The van der Waals surface area contributed by atoms with Crippen LogP contribution in [0.1, 0.15) is 11.3 Å². The number of fused-ring (bicyclic) bond motifs is 1. The lowest BCUT2D eigenvalue weighted by Gasteiger charge is -2.10. The van der Waals surface area contributed by atoms with Gasteiger partial charge in [-0.25, -0.2) is 9.37 Å². The molecule has 1 aromatic carbocycles. The van der Waals surface area contributed by atoms with Crippen LogP contribution in [0.3, 0.4) is 0 Å². The van der Waals surface area contributed by atoms with Crippen molar-refractivity contribution in [2.24, 2.45) is 0 Å². The minimum absolute atomic E-state index is 0.338. The van der Waals surface area contributed by atoms with Crippen LogP contribution >= 0.6 is 11.6 Å². The first kappa shape index (κ1) is 12.2. The Labute approximate surface area is 115 Å². The molecule has 0 unspecified atom stereocenters. The van der Waals surface area contributed by atoms with Gasteiger partial charge in [0.2, 0.25) is 0 Å². The van der Waals surface area contributed by atoms with Crippen molar-refractivity contribution in [1.82, 2.24) is 9.97 Å². The molecular formula is C15H12ClFN2. The molecule has 0 bridgehead atoms. The second kappa shape index (κ2) is 4.35. The van der Waals surface area contributed by atoms with E-state index < -0.39 is 0 Å². The zero-order valence-corrected chi connectivity index (χ0v) is 11.3. The molecule has 0 radical (unpaired) electrons. The number of rotatable bonds is 1. The van der Waals surface area contributed by atoms with Crippen molar-refractivity contribution in [3.05, 3.63) is 52.4 Å². The third-order valence-electron chi connectivity index (χ3n) is 3.24. The van der Waals surface area contributed by atoms with Gasteiger partial charge in [-0.3, -0.25) is 0 Å². The molecule has 0 saturated carbocycles. The SMILES string of the molecule is Cc1ccc2nc(-c3cc(Cl)ccc3F)[nH]c(C)c1-2. The van der Waals surface area contributed by atoms with Gasteiger partial charge in [-0.15, -0.1) is 0 Å². The van der Waals surface area contributed by atoms with Crippen molar-refractivity contribution in [3.8, 4) is 22.6 Å². The molecule has 1 aliphatic heterocycles. The predicted octanol–water partition coefficient (Wildman–Crippen LogP) is 4.59. The summed E-state index contributed by atoms with van der Waals surface area (Å²) in [7, 11) is 0. The standard InChI is InChI=1S/C15H12ClFN2/c1-8-3-6-13-14(8)9(2)18-15(19-13)11-7-10(16)4-5-12(11)17/h3-7H,1-2H3,(H,18,19). The van der Waals surface area contributed by atoms with Crippen molar-refractivity contribution >= 4 is 11.6 Å². The van der Waals surface area contributed by atoms with Crippen LogP contribution < -0.4 is 0 Å². The highest BCUT2D eigenvalue weighted by molar-refractivity contribution is 6.30. The maximum absolute atomic E-state index is 13.9. The normalized spacial score (nSPS) is 11.2. The molecule has 0 atom stereocenters. The van der Waals surface area contributed by atoms with Crippen LogP contribution in [0.15, 0.2) is 30.3 Å². The maximum atomic E-state index is 13.9. The number of aryl methyl sites for hydroxylation is 2. The molecule has 1 aromatic rings. The van der Waals surface area contributed by atoms with Gasteiger partial charge in [0, 0.05) is 16.3 Å². The topological polar surface area (TPSA) is 28.7 Å². The van der Waals surface area contributed by atoms with Crippen LogP contribution in [0.25, 0.3) is 22.6 Å². The van der Waals surface area contributed by atoms with Crippen molar-refractivity contribution < 1.29 is 4.39 Å². The minimum Gasteiger partial charge on any atom is -0.343 e. The lowest BCUT2D eigenvalue weighted by Crippen LogP contribution is -1.98. The lowest BCUT2D eigenvalue weighted by molar-refractivity contribution is 0.630. The summed E-state index contributed by atoms with van der Waals surface area (Å²) < 4.78 is 13.9. The summed E-state index contributed by atoms with van der Waals surface area (Å²) in [5.74, 6) is 0.158. The number of nitrogens with one attached hydrogen (secondary N) is 1. The third kappa shape index (κ3) is 2.00. The molecule has 0 saturated heterocycles. The molecule has 1 heterocycles. The number of aromatic amines is 1. The van der Waals surface area contributed by atoms with Crippen molar-refractivity contribution in [3.63, 3.8) is 0 Å². The Bertz CT molecular complexity index is 733. The van der Waals surface area contributed by atoms with Crippen molar-refractivity contribution in [2.75, 3.05) is 0 Å². The van der Waals surface area contributed by atoms with E-state index in [1.807, 2.05) is 26.0 Å². The summed E-state index contributed by atoms with van der Waals surface area (Å²) in [6, 6.07) is 8.41. The summed E-state index contributed by atoms with van der Waals surface area (Å²) in [6.45, 7) is 3.99. The quantitative estimate of drug-likeness (QED) is 0.691. The molecule has 19 heavy (non-hydrogen) atoms. The Hall–Kier alpha value is -1.87. The van der Waals surface area contributed by atoms with Crippen molar-refractivity contribution in [1.29, 1.82) is 0 Å². The number of benzene rings is 1. The molecule has 2 nitrogen and oxygen atoms in total. The predicted molar refractivity (Wildman–Crippen MR) is 75.1 cm³/mol. The Morgan fingerprint density at radius 1 is 1.16 bits per heavy atom. The van der Waals surface area contributed by atoms with Gasteiger partial charge in [0.15, 0.2) is 0 Å². The van der Waals surface area contributed by atoms with Gasteiger partial charge in [-0.05, 0) is 43.7 Å². The summed E-state index contributed by atoms with van der Waals surface area (Å²) >= 11 is 5.92. The number of H-pyrrole nitrogens is 1. The zero-order chi connectivity index (χ0) is 13.6. The van der Waals surface area contributed by atoms with Gasteiger partial charge in [-0.1, -0.05) is 17.7 Å². The summed E-state index contributed by atoms with van der Waals surface area (Å²) in [5, 5.41) is 0.489. The third-order valence-corrected chi connectivity index (χ3v) is 3.47. The highest BCUT2D eigenvalue weighted by Crippen LogP contribution is 2.31. The molecule has 1 N–H and O–H groups in total. The number of hydrogen-bond acceptors (Lipinski definition) is 1. The average Bonchev–Trinajstić information content (AvgIpc) is 2.74. The monoisotopic (exact) mass is 274 g/mol. The number of nitrogens with zero attached hydrogens (tertiary/aromatic N) is 1. The molecule has 0 spiro atoms. The van der Waals surface area contributed by atoms with E-state index in [2.05, 4.69) is 9.97 Å². The van der Waals surface area contributed by atoms with Crippen LogP contribution in [-0.4, -0.2) is 9.97 Å². The summed E-state index contributed by atoms with van der Waals surface area (Å²) in [4.78, 5) is 7.63. The van der Waals surface area contributed by atoms with E-state index in [-0.39, 0.29) is 5.82 Å². The molecule has 4 heteroatoms. The molecular weight excluding hydrogens is 263 g/mol. The van der Waals surface area contributed by atoms with E-state index in [1.54, 1.807) is 6.07 Å².